The number of aryl methyl sites for hydroxylation is 2. The highest BCUT2D eigenvalue weighted by molar-refractivity contribution is 5.56. The van der Waals surface area contributed by atoms with E-state index in [1.165, 1.54) is 22.8 Å². The summed E-state index contributed by atoms with van der Waals surface area (Å²) in [6, 6.07) is 19.3. The minimum absolute atomic E-state index is 0.192. The van der Waals surface area contributed by atoms with Crippen LogP contribution in [0.5, 0.6) is 0 Å². The van der Waals surface area contributed by atoms with Gasteiger partial charge in [0, 0.05) is 17.7 Å². The molecule has 0 N–H and O–H groups in total. The molecule has 0 radical (unpaired) electrons. The molecule has 1 aromatic heterocycles. The molecule has 110 valence electrons. The van der Waals surface area contributed by atoms with Gasteiger partial charge in [-0.3, -0.25) is 0 Å². The summed E-state index contributed by atoms with van der Waals surface area (Å²) in [5, 5.41) is 0. The van der Waals surface area contributed by atoms with Crippen molar-refractivity contribution >= 4 is 0 Å². The van der Waals surface area contributed by atoms with Crippen molar-refractivity contribution in [2.75, 3.05) is 0 Å². The van der Waals surface area contributed by atoms with Gasteiger partial charge in [0.15, 0.2) is 12.7 Å². The third-order valence-corrected chi connectivity index (χ3v) is 3.72. The van der Waals surface area contributed by atoms with Crippen LogP contribution in [0.3, 0.4) is 0 Å². The highest BCUT2D eigenvalue weighted by Crippen LogP contribution is 2.19. The molecular weight excluding hydrogens is 273 g/mol. The summed E-state index contributed by atoms with van der Waals surface area (Å²) >= 11 is 0. The number of hydrogen-bond donors (Lipinski definition) is 0. The number of benzene rings is 2. The lowest BCUT2D eigenvalue weighted by molar-refractivity contribution is -0.677. The second-order valence-corrected chi connectivity index (χ2v) is 5.69. The standard InChI is InChI=1S/C20H19FN/c1-15-11-16(2)13-17(12-15)14-22-10-6-5-9-20(22)18-7-3-4-8-19(18)21/h3-13H,14H2,1-2H3/q+1. The zero-order valence-corrected chi connectivity index (χ0v) is 12.9. The molecule has 0 fully saturated rings. The van der Waals surface area contributed by atoms with Gasteiger partial charge in [-0.15, -0.1) is 0 Å². The summed E-state index contributed by atoms with van der Waals surface area (Å²) in [7, 11) is 0. The minimum atomic E-state index is -0.192. The monoisotopic (exact) mass is 292 g/mol. The fraction of sp³-hybridized carbons (Fsp3) is 0.150. The predicted molar refractivity (Wildman–Crippen MR) is 87.0 cm³/mol. The number of nitrogens with zero attached hydrogens (tertiary/aromatic N) is 1. The van der Waals surface area contributed by atoms with E-state index in [4.69, 9.17) is 0 Å². The van der Waals surface area contributed by atoms with Gasteiger partial charge in [-0.25, -0.2) is 4.39 Å². The fourth-order valence-electron chi connectivity index (χ4n) is 2.88. The van der Waals surface area contributed by atoms with Crippen LogP contribution in [0.2, 0.25) is 0 Å². The number of halogens is 1. The van der Waals surface area contributed by atoms with Crippen molar-refractivity contribution in [3.8, 4) is 11.3 Å². The first kappa shape index (κ1) is 14.5. The lowest BCUT2D eigenvalue weighted by Gasteiger charge is -2.07. The molecule has 0 bridgehead atoms. The van der Waals surface area contributed by atoms with E-state index in [1.54, 1.807) is 6.07 Å². The number of rotatable bonds is 3. The summed E-state index contributed by atoms with van der Waals surface area (Å²) in [5.41, 5.74) is 5.25. The Morgan fingerprint density at radius 2 is 1.55 bits per heavy atom. The SMILES string of the molecule is Cc1cc(C)cc(C[n+]2ccccc2-c2ccccc2F)c1. The summed E-state index contributed by atoms with van der Waals surface area (Å²) < 4.78 is 16.2. The summed E-state index contributed by atoms with van der Waals surface area (Å²) in [4.78, 5) is 0. The third kappa shape index (κ3) is 3.06. The predicted octanol–water partition coefficient (Wildman–Crippen LogP) is 4.45. The van der Waals surface area contributed by atoms with E-state index in [0.29, 0.717) is 5.56 Å². The van der Waals surface area contributed by atoms with Gasteiger partial charge in [-0.05, 0) is 44.2 Å². The van der Waals surface area contributed by atoms with Crippen LogP contribution in [-0.2, 0) is 6.54 Å². The maximum Gasteiger partial charge on any atom is 0.215 e. The number of hydrogen-bond acceptors (Lipinski definition) is 0. The van der Waals surface area contributed by atoms with Crippen molar-refractivity contribution in [1.29, 1.82) is 0 Å². The quantitative estimate of drug-likeness (QED) is 0.628. The van der Waals surface area contributed by atoms with E-state index < -0.39 is 0 Å². The first-order valence-electron chi connectivity index (χ1n) is 7.44. The molecule has 1 heterocycles. The Hall–Kier alpha value is -2.48. The Balaban J connectivity index is 2.04. The van der Waals surface area contributed by atoms with Crippen LogP contribution in [0.4, 0.5) is 4.39 Å². The first-order valence-corrected chi connectivity index (χ1v) is 7.44. The molecule has 0 spiro atoms. The lowest BCUT2D eigenvalue weighted by Crippen LogP contribution is -2.36. The van der Waals surface area contributed by atoms with Crippen molar-refractivity contribution in [2.24, 2.45) is 0 Å². The maximum atomic E-state index is 14.1. The molecular formula is C20H19FN+. The molecule has 2 aromatic carbocycles. The molecule has 0 aliphatic heterocycles. The van der Waals surface area contributed by atoms with Crippen molar-refractivity contribution in [3.63, 3.8) is 0 Å². The van der Waals surface area contributed by atoms with E-state index in [2.05, 4.69) is 36.6 Å². The second-order valence-electron chi connectivity index (χ2n) is 5.69. The molecule has 0 aliphatic rings. The Kier molecular flexibility index (Phi) is 4.01. The van der Waals surface area contributed by atoms with Crippen molar-refractivity contribution in [2.45, 2.75) is 20.4 Å². The van der Waals surface area contributed by atoms with Crippen LogP contribution in [0.25, 0.3) is 11.3 Å². The van der Waals surface area contributed by atoms with Gasteiger partial charge in [0.25, 0.3) is 0 Å². The van der Waals surface area contributed by atoms with Gasteiger partial charge in [0.05, 0.1) is 5.56 Å². The third-order valence-electron chi connectivity index (χ3n) is 3.72. The van der Waals surface area contributed by atoms with Crippen LogP contribution >= 0.6 is 0 Å². The average Bonchev–Trinajstić information content (AvgIpc) is 2.47. The second kappa shape index (κ2) is 6.10. The normalized spacial score (nSPS) is 10.7. The Morgan fingerprint density at radius 3 is 2.27 bits per heavy atom. The number of aromatic nitrogens is 1. The summed E-state index contributed by atoms with van der Waals surface area (Å²) in [6.45, 7) is 4.93. The van der Waals surface area contributed by atoms with Gasteiger partial charge in [-0.2, -0.15) is 4.57 Å². The van der Waals surface area contributed by atoms with E-state index >= 15 is 0 Å². The van der Waals surface area contributed by atoms with Crippen LogP contribution in [-0.4, -0.2) is 0 Å². The Morgan fingerprint density at radius 1 is 0.864 bits per heavy atom. The van der Waals surface area contributed by atoms with Crippen LogP contribution < -0.4 is 4.57 Å². The molecule has 0 saturated carbocycles. The average molecular weight is 292 g/mol. The van der Waals surface area contributed by atoms with Crippen LogP contribution in [0, 0.1) is 19.7 Å². The van der Waals surface area contributed by atoms with Crippen molar-refractivity contribution in [1.82, 2.24) is 0 Å². The molecule has 0 atom stereocenters. The van der Waals surface area contributed by atoms with E-state index in [-0.39, 0.29) is 5.82 Å². The van der Waals surface area contributed by atoms with Gasteiger partial charge in [0.1, 0.15) is 5.82 Å². The Labute approximate surface area is 130 Å². The molecule has 22 heavy (non-hydrogen) atoms. The summed E-state index contributed by atoms with van der Waals surface area (Å²) in [5.74, 6) is -0.192. The van der Waals surface area contributed by atoms with Gasteiger partial charge >= 0.3 is 0 Å². The van der Waals surface area contributed by atoms with E-state index in [0.717, 1.165) is 12.2 Å². The zero-order chi connectivity index (χ0) is 15.5. The van der Waals surface area contributed by atoms with Gasteiger partial charge < -0.3 is 0 Å². The topological polar surface area (TPSA) is 3.88 Å². The molecule has 0 aliphatic carbocycles. The van der Waals surface area contributed by atoms with Gasteiger partial charge in [-0.1, -0.05) is 29.3 Å². The number of pyridine rings is 1. The zero-order valence-electron chi connectivity index (χ0n) is 12.9. The Bertz CT molecular complexity index is 788. The van der Waals surface area contributed by atoms with Crippen LogP contribution in [0.15, 0.2) is 66.9 Å². The fourth-order valence-corrected chi connectivity index (χ4v) is 2.88. The first-order chi connectivity index (χ1) is 10.6. The highest BCUT2D eigenvalue weighted by Gasteiger charge is 2.16. The van der Waals surface area contributed by atoms with Crippen LogP contribution in [0.1, 0.15) is 16.7 Å². The molecule has 0 saturated heterocycles. The van der Waals surface area contributed by atoms with E-state index in [9.17, 15) is 4.39 Å². The maximum absolute atomic E-state index is 14.1. The smallest absolute Gasteiger partial charge is 0.206 e. The highest BCUT2D eigenvalue weighted by atomic mass is 19.1. The largest absolute Gasteiger partial charge is 0.215 e. The molecule has 0 amide bonds. The molecule has 0 unspecified atom stereocenters. The molecule has 3 rings (SSSR count). The van der Waals surface area contributed by atoms with Crippen molar-refractivity contribution < 1.29 is 8.96 Å². The molecule has 3 aromatic rings. The van der Waals surface area contributed by atoms with E-state index in [1.807, 2.05) is 36.5 Å². The lowest BCUT2D eigenvalue weighted by atomic mass is 10.1. The summed E-state index contributed by atoms with van der Waals surface area (Å²) in [6.07, 6.45) is 2.00. The minimum Gasteiger partial charge on any atom is -0.206 e. The van der Waals surface area contributed by atoms with Gasteiger partial charge in [0.2, 0.25) is 5.69 Å². The molecule has 1 nitrogen and oxygen atoms in total. The molecule has 2 heteroatoms. The van der Waals surface area contributed by atoms with Crippen molar-refractivity contribution in [3.05, 3.63) is 89.4 Å².